The Hall–Kier alpha value is -1.53. The second-order valence-electron chi connectivity index (χ2n) is 5.02. The van der Waals surface area contributed by atoms with Gasteiger partial charge in [0.2, 0.25) is 5.88 Å². The summed E-state index contributed by atoms with van der Waals surface area (Å²) < 4.78 is 5.62. The van der Waals surface area contributed by atoms with Crippen molar-refractivity contribution in [3.05, 3.63) is 12.1 Å². The van der Waals surface area contributed by atoms with Crippen molar-refractivity contribution in [2.45, 2.75) is 32.5 Å². The maximum Gasteiger partial charge on any atom is 0.239 e. The van der Waals surface area contributed by atoms with Crippen LogP contribution in [-0.4, -0.2) is 40.1 Å². The number of aromatic nitrogens is 1. The highest BCUT2D eigenvalue weighted by atomic mass is 16.5. The molecule has 1 atom stereocenters. The summed E-state index contributed by atoms with van der Waals surface area (Å²) in [4.78, 5) is 4.21. The minimum atomic E-state index is -0.823. The van der Waals surface area contributed by atoms with Gasteiger partial charge in [0, 0.05) is 6.54 Å². The molecular weight excluding hydrogens is 234 g/mol. The number of nitrogens with two attached hydrogens (primary N) is 1. The zero-order chi connectivity index (χ0) is 13.8. The van der Waals surface area contributed by atoms with Crippen LogP contribution in [0.3, 0.4) is 0 Å². The molecule has 0 bridgehead atoms. The summed E-state index contributed by atoms with van der Waals surface area (Å²) in [5.74, 6) is 0.891. The summed E-state index contributed by atoms with van der Waals surface area (Å²) in [5, 5.41) is 20.8. The summed E-state index contributed by atoms with van der Waals surface area (Å²) in [6.07, 6.45) is -0.823. The molecule has 0 fully saturated rings. The smallest absolute Gasteiger partial charge is 0.239 e. The van der Waals surface area contributed by atoms with Crippen LogP contribution < -0.4 is 15.8 Å². The minimum Gasteiger partial charge on any atom is -0.470 e. The molecule has 0 saturated carbocycles. The normalized spacial score (nSPS) is 13.2. The van der Waals surface area contributed by atoms with E-state index in [-0.39, 0.29) is 18.8 Å². The molecule has 0 radical (unpaired) electrons. The van der Waals surface area contributed by atoms with Crippen LogP contribution in [0.2, 0.25) is 0 Å². The molecular formula is C12H21N3O3. The van der Waals surface area contributed by atoms with Gasteiger partial charge in [-0.1, -0.05) is 0 Å². The van der Waals surface area contributed by atoms with Crippen LogP contribution in [0.1, 0.15) is 20.8 Å². The van der Waals surface area contributed by atoms with E-state index in [2.05, 4.69) is 10.3 Å². The molecule has 0 spiro atoms. The van der Waals surface area contributed by atoms with Gasteiger partial charge in [-0.2, -0.15) is 4.98 Å². The zero-order valence-electron chi connectivity index (χ0n) is 11.0. The number of hydrogen-bond acceptors (Lipinski definition) is 6. The fraction of sp³-hybridized carbons (Fsp3) is 0.583. The van der Waals surface area contributed by atoms with Gasteiger partial charge in [-0.3, -0.25) is 0 Å². The predicted molar refractivity (Wildman–Crippen MR) is 70.6 cm³/mol. The molecule has 6 heteroatoms. The monoisotopic (exact) mass is 255 g/mol. The van der Waals surface area contributed by atoms with Gasteiger partial charge in [0.25, 0.3) is 0 Å². The van der Waals surface area contributed by atoms with E-state index in [0.717, 1.165) is 0 Å². The number of hydrogen-bond donors (Lipinski definition) is 4. The maximum absolute atomic E-state index is 9.23. The van der Waals surface area contributed by atoms with E-state index in [4.69, 9.17) is 15.6 Å². The standard InChI is InChI=1S/C12H21N3O3/c1-12(2,3)18-11-9(13)4-5-10(15-11)14-6-8(17)7-16/h4-5,8,16-17H,6-7,13H2,1-3H3,(H,14,15). The highest BCUT2D eigenvalue weighted by Crippen LogP contribution is 2.24. The molecule has 1 aromatic rings. The van der Waals surface area contributed by atoms with Crippen molar-refractivity contribution in [3.8, 4) is 5.88 Å². The first-order valence-electron chi connectivity index (χ1n) is 5.80. The average molecular weight is 255 g/mol. The Morgan fingerprint density at radius 2 is 2.11 bits per heavy atom. The first kappa shape index (κ1) is 14.5. The van der Waals surface area contributed by atoms with Crippen molar-refractivity contribution in [1.29, 1.82) is 0 Å². The van der Waals surface area contributed by atoms with E-state index in [1.807, 2.05) is 20.8 Å². The highest BCUT2D eigenvalue weighted by Gasteiger charge is 2.15. The fourth-order valence-corrected chi connectivity index (χ4v) is 1.21. The maximum atomic E-state index is 9.23. The second-order valence-corrected chi connectivity index (χ2v) is 5.02. The van der Waals surface area contributed by atoms with E-state index in [9.17, 15) is 5.11 Å². The van der Waals surface area contributed by atoms with Crippen molar-refractivity contribution >= 4 is 11.5 Å². The van der Waals surface area contributed by atoms with Crippen molar-refractivity contribution in [2.75, 3.05) is 24.2 Å². The molecule has 0 aliphatic carbocycles. The molecule has 102 valence electrons. The van der Waals surface area contributed by atoms with Gasteiger partial charge in [-0.25, -0.2) is 0 Å². The predicted octanol–water partition coefficient (Wildman–Crippen LogP) is 0.606. The first-order valence-corrected chi connectivity index (χ1v) is 5.80. The van der Waals surface area contributed by atoms with Gasteiger partial charge in [0.05, 0.1) is 18.4 Å². The molecule has 6 nitrogen and oxygen atoms in total. The number of nitrogens with one attached hydrogen (secondary N) is 1. The fourth-order valence-electron chi connectivity index (χ4n) is 1.21. The summed E-state index contributed by atoms with van der Waals surface area (Å²) in [6, 6.07) is 3.37. The van der Waals surface area contributed by atoms with E-state index in [1.54, 1.807) is 12.1 Å². The third-order valence-corrected chi connectivity index (χ3v) is 2.02. The van der Waals surface area contributed by atoms with E-state index in [1.165, 1.54) is 0 Å². The lowest BCUT2D eigenvalue weighted by Gasteiger charge is -2.22. The van der Waals surface area contributed by atoms with Crippen LogP contribution in [0.4, 0.5) is 11.5 Å². The van der Waals surface area contributed by atoms with E-state index in [0.29, 0.717) is 17.4 Å². The number of ether oxygens (including phenoxy) is 1. The number of pyridine rings is 1. The quantitative estimate of drug-likeness (QED) is 0.615. The molecule has 0 aliphatic heterocycles. The Morgan fingerprint density at radius 1 is 1.44 bits per heavy atom. The summed E-state index contributed by atoms with van der Waals surface area (Å²) in [6.45, 7) is 5.63. The summed E-state index contributed by atoms with van der Waals surface area (Å²) in [7, 11) is 0. The van der Waals surface area contributed by atoms with Crippen molar-refractivity contribution in [2.24, 2.45) is 0 Å². The van der Waals surface area contributed by atoms with Gasteiger partial charge in [0.1, 0.15) is 11.4 Å². The van der Waals surface area contributed by atoms with Crippen LogP contribution in [0.25, 0.3) is 0 Å². The Labute approximate surface area is 107 Å². The Morgan fingerprint density at radius 3 is 2.67 bits per heavy atom. The minimum absolute atomic E-state index is 0.211. The van der Waals surface area contributed by atoms with E-state index >= 15 is 0 Å². The summed E-state index contributed by atoms with van der Waals surface area (Å²) >= 11 is 0. The third kappa shape index (κ3) is 4.77. The van der Waals surface area contributed by atoms with Crippen LogP contribution in [0, 0.1) is 0 Å². The molecule has 1 unspecified atom stereocenters. The SMILES string of the molecule is CC(C)(C)Oc1nc(NCC(O)CO)ccc1N. The molecule has 1 heterocycles. The van der Waals surface area contributed by atoms with Gasteiger partial charge >= 0.3 is 0 Å². The Bertz CT molecular complexity index is 391. The molecule has 0 aromatic carbocycles. The van der Waals surface area contributed by atoms with Crippen LogP contribution in [0.15, 0.2) is 12.1 Å². The van der Waals surface area contributed by atoms with Gasteiger partial charge in [-0.15, -0.1) is 0 Å². The first-order chi connectivity index (χ1) is 8.31. The lowest BCUT2D eigenvalue weighted by Crippen LogP contribution is -2.25. The zero-order valence-corrected chi connectivity index (χ0v) is 11.0. The van der Waals surface area contributed by atoms with Crippen LogP contribution in [0.5, 0.6) is 5.88 Å². The molecule has 18 heavy (non-hydrogen) atoms. The number of nitrogen functional groups attached to an aromatic ring is 1. The molecule has 1 rings (SSSR count). The largest absolute Gasteiger partial charge is 0.470 e. The van der Waals surface area contributed by atoms with Crippen molar-refractivity contribution < 1.29 is 14.9 Å². The number of aliphatic hydroxyl groups excluding tert-OH is 2. The molecule has 1 aromatic heterocycles. The lowest BCUT2D eigenvalue weighted by atomic mass is 10.2. The second kappa shape index (κ2) is 5.88. The topological polar surface area (TPSA) is 101 Å². The molecule has 0 saturated heterocycles. The average Bonchev–Trinajstić information content (AvgIpc) is 2.28. The Kier molecular flexibility index (Phi) is 4.75. The number of aliphatic hydroxyl groups is 2. The molecule has 0 aliphatic rings. The van der Waals surface area contributed by atoms with Gasteiger partial charge < -0.3 is 26.0 Å². The third-order valence-electron chi connectivity index (χ3n) is 2.02. The van der Waals surface area contributed by atoms with Gasteiger partial charge in [-0.05, 0) is 32.9 Å². The van der Waals surface area contributed by atoms with Crippen LogP contribution in [-0.2, 0) is 0 Å². The molecule has 0 amide bonds. The summed E-state index contributed by atoms with van der Waals surface area (Å²) in [5.41, 5.74) is 5.85. The number of rotatable bonds is 5. The van der Waals surface area contributed by atoms with E-state index < -0.39 is 6.10 Å². The Balaban J connectivity index is 2.74. The van der Waals surface area contributed by atoms with Crippen LogP contribution >= 0.6 is 0 Å². The van der Waals surface area contributed by atoms with Crippen molar-refractivity contribution in [3.63, 3.8) is 0 Å². The number of anilines is 2. The van der Waals surface area contributed by atoms with Crippen molar-refractivity contribution in [1.82, 2.24) is 4.98 Å². The van der Waals surface area contributed by atoms with Gasteiger partial charge in [0.15, 0.2) is 0 Å². The number of nitrogens with zero attached hydrogens (tertiary/aromatic N) is 1. The highest BCUT2D eigenvalue weighted by molar-refractivity contribution is 5.53. The lowest BCUT2D eigenvalue weighted by molar-refractivity contribution is 0.105. The molecule has 5 N–H and O–H groups in total.